The van der Waals surface area contributed by atoms with Gasteiger partial charge >= 0.3 is 0 Å². The largest absolute Gasteiger partial charge is 0.463 e. The van der Waals surface area contributed by atoms with E-state index in [1.165, 1.54) is 43.6 Å². The number of nitrogens with one attached hydrogen (secondary N) is 1. The molecule has 0 radical (unpaired) electrons. The summed E-state index contributed by atoms with van der Waals surface area (Å²) in [6.45, 7) is 2.92. The molecule has 7 nitrogen and oxygen atoms in total. The number of ether oxygens (including phenoxy) is 1. The van der Waals surface area contributed by atoms with E-state index < -0.39 is 28.1 Å². The van der Waals surface area contributed by atoms with Gasteiger partial charge in [0.15, 0.2) is 17.6 Å². The molecular formula is C25H24F3N5O2S. The van der Waals surface area contributed by atoms with Crippen LogP contribution >= 0.6 is 11.8 Å². The third-order valence-electron chi connectivity index (χ3n) is 6.15. The van der Waals surface area contributed by atoms with Crippen LogP contribution in [0, 0.1) is 24.1 Å². The fourth-order valence-electron chi connectivity index (χ4n) is 4.32. The number of terminal acetylenes is 1. The average molecular weight is 516 g/mol. The summed E-state index contributed by atoms with van der Waals surface area (Å²) in [5.74, 6) is 0.452. The zero-order valence-electron chi connectivity index (χ0n) is 19.6. The second-order valence-electron chi connectivity index (χ2n) is 8.80. The molecule has 1 aromatic carbocycles. The zero-order valence-corrected chi connectivity index (χ0v) is 20.4. The predicted molar refractivity (Wildman–Crippen MR) is 133 cm³/mol. The summed E-state index contributed by atoms with van der Waals surface area (Å²) in [5, 5.41) is 2.73. The minimum Gasteiger partial charge on any atom is -0.463 e. The monoisotopic (exact) mass is 515 g/mol. The first kappa shape index (κ1) is 25.6. The molecule has 2 heterocycles. The van der Waals surface area contributed by atoms with E-state index in [1.54, 1.807) is 6.92 Å². The maximum atomic E-state index is 15.1. The first-order valence-electron chi connectivity index (χ1n) is 11.1. The quantitative estimate of drug-likeness (QED) is 0.521. The Labute approximate surface area is 210 Å². The van der Waals surface area contributed by atoms with Crippen molar-refractivity contribution in [3.63, 3.8) is 0 Å². The van der Waals surface area contributed by atoms with Crippen molar-refractivity contribution >= 4 is 34.7 Å². The minimum absolute atomic E-state index is 0.00782. The Morgan fingerprint density at radius 2 is 2.22 bits per heavy atom. The SMILES string of the molecule is C#CCOc1cnc(/C(F)=C/c2ccc(F)c([C@@]3(C)N=C(N)S[C@@]4(C(=O)NCC(C)F)C[C@H]43)c2)cn1. The van der Waals surface area contributed by atoms with Crippen LogP contribution in [-0.4, -0.2) is 45.1 Å². The third-order valence-corrected chi connectivity index (χ3v) is 7.45. The van der Waals surface area contributed by atoms with E-state index in [0.717, 1.165) is 11.8 Å². The fraction of sp³-hybridized carbons (Fsp3) is 0.360. The van der Waals surface area contributed by atoms with Crippen molar-refractivity contribution in [3.05, 3.63) is 53.2 Å². The molecular weight excluding hydrogens is 491 g/mol. The molecule has 2 aliphatic rings. The van der Waals surface area contributed by atoms with Crippen molar-refractivity contribution in [1.82, 2.24) is 15.3 Å². The Morgan fingerprint density at radius 1 is 1.44 bits per heavy atom. The van der Waals surface area contributed by atoms with Gasteiger partial charge in [0.25, 0.3) is 0 Å². The average Bonchev–Trinajstić information content (AvgIpc) is 3.59. The summed E-state index contributed by atoms with van der Waals surface area (Å²) >= 11 is 1.11. The maximum Gasteiger partial charge on any atom is 0.237 e. The molecule has 0 spiro atoms. The second-order valence-corrected chi connectivity index (χ2v) is 10.2. The summed E-state index contributed by atoms with van der Waals surface area (Å²) < 4.78 is 47.4. The number of fused-ring (bicyclic) bond motifs is 1. The number of thioether (sulfide) groups is 1. The number of benzene rings is 1. The van der Waals surface area contributed by atoms with Gasteiger partial charge in [-0.05, 0) is 44.0 Å². The number of carbonyl (C=O) groups excluding carboxylic acids is 1. The van der Waals surface area contributed by atoms with Crippen molar-refractivity contribution in [1.29, 1.82) is 0 Å². The van der Waals surface area contributed by atoms with Gasteiger partial charge in [-0.25, -0.2) is 23.1 Å². The Kier molecular flexibility index (Phi) is 7.00. The van der Waals surface area contributed by atoms with Crippen LogP contribution in [0.5, 0.6) is 5.88 Å². The van der Waals surface area contributed by atoms with Gasteiger partial charge in [0.1, 0.15) is 22.4 Å². The first-order chi connectivity index (χ1) is 17.1. The molecule has 0 bridgehead atoms. The number of rotatable bonds is 8. The van der Waals surface area contributed by atoms with E-state index in [-0.39, 0.29) is 47.3 Å². The van der Waals surface area contributed by atoms with E-state index in [4.69, 9.17) is 16.9 Å². The van der Waals surface area contributed by atoms with E-state index >= 15 is 4.39 Å². The van der Waals surface area contributed by atoms with Crippen molar-refractivity contribution in [2.75, 3.05) is 13.2 Å². The second kappa shape index (κ2) is 9.85. The highest BCUT2D eigenvalue weighted by molar-refractivity contribution is 8.15. The number of alkyl halides is 1. The number of hydrogen-bond acceptors (Lipinski definition) is 7. The number of nitrogens with zero attached hydrogens (tertiary/aromatic N) is 3. The highest BCUT2D eigenvalue weighted by Gasteiger charge is 2.70. The molecule has 1 fully saturated rings. The predicted octanol–water partition coefficient (Wildman–Crippen LogP) is 3.60. The van der Waals surface area contributed by atoms with Crippen LogP contribution in [0.3, 0.4) is 0 Å². The third kappa shape index (κ3) is 4.91. The Morgan fingerprint density at radius 3 is 2.89 bits per heavy atom. The number of amidine groups is 1. The minimum atomic E-state index is -1.21. The van der Waals surface area contributed by atoms with Crippen LogP contribution in [0.4, 0.5) is 13.2 Å². The molecule has 11 heteroatoms. The summed E-state index contributed by atoms with van der Waals surface area (Å²) in [4.78, 5) is 25.3. The van der Waals surface area contributed by atoms with E-state index in [2.05, 4.69) is 26.2 Å². The van der Waals surface area contributed by atoms with E-state index in [9.17, 15) is 13.6 Å². The normalized spacial score (nSPS) is 25.7. The number of amides is 1. The molecule has 1 amide bonds. The van der Waals surface area contributed by atoms with Crippen LogP contribution in [0.25, 0.3) is 11.9 Å². The van der Waals surface area contributed by atoms with Gasteiger partial charge in [0, 0.05) is 18.0 Å². The van der Waals surface area contributed by atoms with Gasteiger partial charge < -0.3 is 15.8 Å². The van der Waals surface area contributed by atoms with Gasteiger partial charge in [-0.15, -0.1) is 6.42 Å². The van der Waals surface area contributed by atoms with Gasteiger partial charge in [-0.2, -0.15) is 0 Å². The molecule has 36 heavy (non-hydrogen) atoms. The van der Waals surface area contributed by atoms with Gasteiger partial charge in [-0.3, -0.25) is 9.79 Å². The smallest absolute Gasteiger partial charge is 0.237 e. The standard InChI is InChI=1S/C25H24F3N5O2S/c1-4-7-35-21-13-30-19(12-31-21)18(28)9-15-5-6-17(27)16(8-15)24(3)20-10-25(20,36-23(29)33-24)22(34)32-11-14(2)26/h1,5-6,8-9,12-14,20H,7,10-11H2,2-3H3,(H2,29,33)(H,32,34)/b18-9-/t14?,20-,24+,25-/m0/s1. The molecule has 1 aliphatic heterocycles. The molecule has 1 aliphatic carbocycles. The lowest BCUT2D eigenvalue weighted by Gasteiger charge is -2.34. The lowest BCUT2D eigenvalue weighted by Crippen LogP contribution is -2.45. The lowest BCUT2D eigenvalue weighted by atomic mass is 9.84. The van der Waals surface area contributed by atoms with Crippen LogP contribution in [0.2, 0.25) is 0 Å². The maximum absolute atomic E-state index is 15.1. The zero-order chi connectivity index (χ0) is 26.1. The number of aromatic nitrogens is 2. The van der Waals surface area contributed by atoms with Gasteiger partial charge in [-0.1, -0.05) is 23.7 Å². The van der Waals surface area contributed by atoms with Crippen LogP contribution in [0.15, 0.2) is 35.6 Å². The van der Waals surface area contributed by atoms with Gasteiger partial charge in [0.2, 0.25) is 11.8 Å². The van der Waals surface area contributed by atoms with Crippen molar-refractivity contribution in [2.24, 2.45) is 16.6 Å². The topological polar surface area (TPSA) is 102 Å². The molecule has 3 N–H and O–H groups in total. The fourth-order valence-corrected chi connectivity index (χ4v) is 5.72. The molecule has 1 saturated carbocycles. The van der Waals surface area contributed by atoms with Crippen molar-refractivity contribution in [3.8, 4) is 18.2 Å². The summed E-state index contributed by atoms with van der Waals surface area (Å²) in [5.41, 5.74) is 5.37. The Balaban J connectivity index is 1.61. The van der Waals surface area contributed by atoms with Crippen LogP contribution in [-0.2, 0) is 10.3 Å². The number of hydrogen-bond donors (Lipinski definition) is 2. The summed E-state index contributed by atoms with van der Waals surface area (Å²) in [6, 6.07) is 4.11. The molecule has 188 valence electrons. The molecule has 1 aromatic heterocycles. The lowest BCUT2D eigenvalue weighted by molar-refractivity contribution is -0.121. The molecule has 2 aromatic rings. The Bertz CT molecular complexity index is 1280. The van der Waals surface area contributed by atoms with Crippen molar-refractivity contribution in [2.45, 2.75) is 36.7 Å². The van der Waals surface area contributed by atoms with E-state index in [0.29, 0.717) is 12.0 Å². The van der Waals surface area contributed by atoms with Crippen LogP contribution < -0.4 is 15.8 Å². The highest BCUT2D eigenvalue weighted by Crippen LogP contribution is 2.66. The Hall–Kier alpha value is -3.52. The summed E-state index contributed by atoms with van der Waals surface area (Å²) in [6.07, 6.45) is 7.94. The molecule has 4 atom stereocenters. The molecule has 4 rings (SSSR count). The summed E-state index contributed by atoms with van der Waals surface area (Å²) in [7, 11) is 0. The number of nitrogens with two attached hydrogens (primary N) is 1. The van der Waals surface area contributed by atoms with Gasteiger partial charge in [0.05, 0.1) is 17.9 Å². The van der Waals surface area contributed by atoms with E-state index in [1.807, 2.05) is 0 Å². The van der Waals surface area contributed by atoms with Crippen molar-refractivity contribution < 1.29 is 22.7 Å². The number of aliphatic imine (C=N–C) groups is 1. The first-order valence-corrected chi connectivity index (χ1v) is 11.9. The molecule has 1 unspecified atom stereocenters. The molecule has 0 saturated heterocycles. The number of halogens is 3. The highest BCUT2D eigenvalue weighted by atomic mass is 32.2. The number of carbonyl (C=O) groups is 1. The van der Waals surface area contributed by atoms with Crippen LogP contribution in [0.1, 0.15) is 37.1 Å².